The summed E-state index contributed by atoms with van der Waals surface area (Å²) in [6.45, 7) is 6.71. The molecule has 0 saturated carbocycles. The van der Waals surface area contributed by atoms with E-state index < -0.39 is 0 Å². The fourth-order valence-corrected chi connectivity index (χ4v) is 2.80. The molecule has 0 fully saturated rings. The molecule has 2 aromatic rings. The largest absolute Gasteiger partial charge is 0.486 e. The maximum atomic E-state index is 9.30. The molecule has 2 rings (SSSR count). The second kappa shape index (κ2) is 6.12. The van der Waals surface area contributed by atoms with Gasteiger partial charge in [-0.25, -0.2) is 4.98 Å². The van der Waals surface area contributed by atoms with Gasteiger partial charge in [0.2, 0.25) is 0 Å². The van der Waals surface area contributed by atoms with E-state index in [4.69, 9.17) is 16.3 Å². The van der Waals surface area contributed by atoms with Gasteiger partial charge in [-0.15, -0.1) is 11.3 Å². The van der Waals surface area contributed by atoms with E-state index in [1.54, 1.807) is 29.5 Å². The van der Waals surface area contributed by atoms with Crippen molar-refractivity contribution in [1.82, 2.24) is 4.98 Å². The molecule has 1 aromatic carbocycles. The highest BCUT2D eigenvalue weighted by molar-refractivity contribution is 7.09. The Morgan fingerprint density at radius 3 is 2.70 bits per heavy atom. The van der Waals surface area contributed by atoms with Crippen molar-refractivity contribution in [2.24, 2.45) is 0 Å². The summed E-state index contributed by atoms with van der Waals surface area (Å²) in [5.41, 5.74) is 1.80. The zero-order valence-corrected chi connectivity index (χ0v) is 13.4. The van der Waals surface area contributed by atoms with Gasteiger partial charge in [-0.05, 0) is 18.2 Å². The highest BCUT2D eigenvalue weighted by Crippen LogP contribution is 2.26. The topological polar surface area (TPSA) is 42.4 Å². The predicted octanol–water partition coefficient (Wildman–Crippen LogP) is 4.17. The third-order valence-electron chi connectivity index (χ3n) is 2.86. The molecule has 0 amide bonds. The van der Waals surface area contributed by atoms with Gasteiger partial charge in [0.25, 0.3) is 0 Å². The van der Waals surface area contributed by atoms with Crippen LogP contribution in [-0.2, 0) is 18.6 Å². The summed E-state index contributed by atoms with van der Waals surface area (Å²) < 4.78 is 5.72. The van der Waals surface area contributed by atoms with E-state index in [0.29, 0.717) is 22.9 Å². The molecule has 1 N–H and O–H groups in total. The minimum atomic E-state index is -0.0962. The zero-order chi connectivity index (χ0) is 14.8. The molecule has 0 aliphatic heterocycles. The number of aliphatic hydroxyl groups is 1. The van der Waals surface area contributed by atoms with Crippen molar-refractivity contribution >= 4 is 22.9 Å². The Morgan fingerprint density at radius 1 is 1.35 bits per heavy atom. The summed E-state index contributed by atoms with van der Waals surface area (Å²) in [5, 5.41) is 12.9. The van der Waals surface area contributed by atoms with E-state index in [0.717, 1.165) is 10.7 Å². The Labute approximate surface area is 128 Å². The summed E-state index contributed by atoms with van der Waals surface area (Å²) in [5.74, 6) is 0.643. The SMILES string of the molecule is CC(C)(C)c1csc(COc2ccc(Cl)cc2CO)n1. The van der Waals surface area contributed by atoms with Gasteiger partial charge in [0, 0.05) is 21.4 Å². The van der Waals surface area contributed by atoms with Crippen LogP contribution in [0.3, 0.4) is 0 Å². The number of nitrogens with zero attached hydrogens (tertiary/aromatic N) is 1. The first-order valence-electron chi connectivity index (χ1n) is 6.37. The number of rotatable bonds is 4. The molecule has 0 aliphatic carbocycles. The first-order chi connectivity index (χ1) is 9.40. The average Bonchev–Trinajstić information content (AvgIpc) is 2.86. The fourth-order valence-electron chi connectivity index (χ4n) is 1.67. The summed E-state index contributed by atoms with van der Waals surface area (Å²) in [7, 11) is 0. The highest BCUT2D eigenvalue weighted by Gasteiger charge is 2.17. The zero-order valence-electron chi connectivity index (χ0n) is 11.8. The van der Waals surface area contributed by atoms with Crippen LogP contribution in [0.1, 0.15) is 37.0 Å². The van der Waals surface area contributed by atoms with Crippen LogP contribution >= 0.6 is 22.9 Å². The number of ether oxygens (including phenoxy) is 1. The summed E-state index contributed by atoms with van der Waals surface area (Å²) in [4.78, 5) is 4.57. The van der Waals surface area contributed by atoms with E-state index in [9.17, 15) is 5.11 Å². The van der Waals surface area contributed by atoms with Crippen molar-refractivity contribution in [2.75, 3.05) is 0 Å². The third-order valence-corrected chi connectivity index (χ3v) is 3.92. The van der Waals surface area contributed by atoms with Gasteiger partial charge in [0.05, 0.1) is 12.3 Å². The third kappa shape index (κ3) is 3.72. The lowest BCUT2D eigenvalue weighted by molar-refractivity contribution is 0.258. The number of hydrogen-bond donors (Lipinski definition) is 1. The molecule has 1 heterocycles. The number of halogens is 1. The molecule has 0 atom stereocenters. The van der Waals surface area contributed by atoms with Crippen LogP contribution in [0.25, 0.3) is 0 Å². The van der Waals surface area contributed by atoms with Gasteiger partial charge < -0.3 is 9.84 Å². The van der Waals surface area contributed by atoms with Gasteiger partial charge in [0.1, 0.15) is 17.4 Å². The van der Waals surface area contributed by atoms with E-state index in [-0.39, 0.29) is 12.0 Å². The van der Waals surface area contributed by atoms with Crippen LogP contribution in [0.4, 0.5) is 0 Å². The van der Waals surface area contributed by atoms with Crippen molar-refractivity contribution in [3.8, 4) is 5.75 Å². The Bertz CT molecular complexity index is 590. The first kappa shape index (κ1) is 15.3. The molecule has 20 heavy (non-hydrogen) atoms. The van der Waals surface area contributed by atoms with Gasteiger partial charge in [-0.3, -0.25) is 0 Å². The van der Waals surface area contributed by atoms with Crippen LogP contribution in [0.2, 0.25) is 5.02 Å². The maximum Gasteiger partial charge on any atom is 0.140 e. The standard InChI is InChI=1S/C15H18ClNO2S/c1-15(2,3)13-9-20-14(17-13)8-19-12-5-4-11(16)6-10(12)7-18/h4-6,9,18H,7-8H2,1-3H3. The van der Waals surface area contributed by atoms with Crippen LogP contribution in [-0.4, -0.2) is 10.1 Å². The van der Waals surface area contributed by atoms with E-state index in [1.165, 1.54) is 0 Å². The molecule has 0 saturated heterocycles. The number of thiazole rings is 1. The smallest absolute Gasteiger partial charge is 0.140 e. The van der Waals surface area contributed by atoms with Crippen molar-refractivity contribution < 1.29 is 9.84 Å². The average molecular weight is 312 g/mol. The lowest BCUT2D eigenvalue weighted by atomic mass is 9.93. The van der Waals surface area contributed by atoms with Gasteiger partial charge in [0.15, 0.2) is 0 Å². The predicted molar refractivity (Wildman–Crippen MR) is 82.5 cm³/mol. The summed E-state index contributed by atoms with van der Waals surface area (Å²) in [6.07, 6.45) is 0. The van der Waals surface area contributed by atoms with Crippen molar-refractivity contribution in [2.45, 2.75) is 39.4 Å². The van der Waals surface area contributed by atoms with Crippen LogP contribution in [0, 0.1) is 0 Å². The number of hydrogen-bond acceptors (Lipinski definition) is 4. The Balaban J connectivity index is 2.07. The molecule has 0 radical (unpaired) electrons. The molecular formula is C15H18ClNO2S. The second-order valence-corrected chi connectivity index (χ2v) is 6.95. The number of aliphatic hydroxyl groups excluding tert-OH is 1. The van der Waals surface area contributed by atoms with E-state index in [2.05, 4.69) is 31.1 Å². The Kier molecular flexibility index (Phi) is 4.68. The minimum Gasteiger partial charge on any atom is -0.486 e. The summed E-state index contributed by atoms with van der Waals surface area (Å²) >= 11 is 7.48. The Hall–Kier alpha value is -1.10. The second-order valence-electron chi connectivity index (χ2n) is 5.58. The van der Waals surface area contributed by atoms with Gasteiger partial charge >= 0.3 is 0 Å². The lowest BCUT2D eigenvalue weighted by Crippen LogP contribution is -2.11. The van der Waals surface area contributed by atoms with E-state index >= 15 is 0 Å². The molecule has 3 nitrogen and oxygen atoms in total. The van der Waals surface area contributed by atoms with E-state index in [1.807, 2.05) is 0 Å². The normalized spacial score (nSPS) is 11.7. The number of aromatic nitrogens is 1. The van der Waals surface area contributed by atoms with Crippen molar-refractivity contribution in [1.29, 1.82) is 0 Å². The molecule has 0 spiro atoms. The molecule has 1 aromatic heterocycles. The molecule has 0 aliphatic rings. The van der Waals surface area contributed by atoms with Gasteiger partial charge in [-0.1, -0.05) is 32.4 Å². The van der Waals surface area contributed by atoms with Crippen LogP contribution < -0.4 is 4.74 Å². The quantitative estimate of drug-likeness (QED) is 0.921. The molecule has 108 valence electrons. The first-order valence-corrected chi connectivity index (χ1v) is 7.63. The molecule has 5 heteroatoms. The lowest BCUT2D eigenvalue weighted by Gasteiger charge is -2.14. The van der Waals surface area contributed by atoms with Crippen molar-refractivity contribution in [3.63, 3.8) is 0 Å². The number of benzene rings is 1. The fraction of sp³-hybridized carbons (Fsp3) is 0.400. The maximum absolute atomic E-state index is 9.30. The minimum absolute atomic E-state index is 0.0469. The monoisotopic (exact) mass is 311 g/mol. The van der Waals surface area contributed by atoms with Crippen molar-refractivity contribution in [3.05, 3.63) is 44.9 Å². The van der Waals surface area contributed by atoms with Gasteiger partial charge in [-0.2, -0.15) is 0 Å². The molecule has 0 unspecified atom stereocenters. The molecular weight excluding hydrogens is 294 g/mol. The van der Waals surface area contributed by atoms with Crippen LogP contribution in [0.5, 0.6) is 5.75 Å². The highest BCUT2D eigenvalue weighted by atomic mass is 35.5. The summed E-state index contributed by atoms with van der Waals surface area (Å²) in [6, 6.07) is 5.23. The Morgan fingerprint density at radius 2 is 2.10 bits per heavy atom. The molecule has 0 bridgehead atoms. The van der Waals surface area contributed by atoms with Crippen LogP contribution in [0.15, 0.2) is 23.6 Å².